The average molecular weight is 240 g/mol. The van der Waals surface area contributed by atoms with E-state index in [0.717, 1.165) is 24.5 Å². The van der Waals surface area contributed by atoms with E-state index in [0.29, 0.717) is 10.8 Å². The maximum absolute atomic E-state index is 10.7. The number of aromatic nitrogens is 1. The molecule has 4 nitrogen and oxygen atoms in total. The van der Waals surface area contributed by atoms with E-state index < -0.39 is 5.97 Å². The molecule has 0 bridgehead atoms. The Morgan fingerprint density at radius 2 is 2.56 bits per heavy atom. The fraction of sp³-hybridized carbons (Fsp3) is 0.636. The van der Waals surface area contributed by atoms with Crippen LogP contribution in [0.25, 0.3) is 0 Å². The maximum Gasteiger partial charge on any atom is 0.347 e. The van der Waals surface area contributed by atoms with Gasteiger partial charge in [0.2, 0.25) is 0 Å². The molecule has 0 aliphatic carbocycles. The van der Waals surface area contributed by atoms with E-state index in [-0.39, 0.29) is 0 Å². The quantitative estimate of drug-likeness (QED) is 0.870. The first-order valence-electron chi connectivity index (χ1n) is 5.59. The number of nitrogens with zero attached hydrogens (tertiary/aromatic N) is 2. The fourth-order valence-corrected chi connectivity index (χ4v) is 2.99. The van der Waals surface area contributed by atoms with Crippen LogP contribution in [0.15, 0.2) is 6.20 Å². The molecule has 88 valence electrons. The zero-order valence-corrected chi connectivity index (χ0v) is 10.2. The summed E-state index contributed by atoms with van der Waals surface area (Å²) in [4.78, 5) is 17.7. The summed E-state index contributed by atoms with van der Waals surface area (Å²) >= 11 is 1.31. The summed E-state index contributed by atoms with van der Waals surface area (Å²) in [6.45, 7) is 5.57. The second kappa shape index (κ2) is 4.93. The van der Waals surface area contributed by atoms with E-state index in [9.17, 15) is 4.79 Å². The number of thiazole rings is 1. The second-order valence-electron chi connectivity index (χ2n) is 4.18. The third kappa shape index (κ3) is 2.59. The van der Waals surface area contributed by atoms with Crippen molar-refractivity contribution in [3.05, 3.63) is 16.1 Å². The molecule has 1 aliphatic rings. The van der Waals surface area contributed by atoms with Crippen molar-refractivity contribution in [1.29, 1.82) is 0 Å². The zero-order valence-electron chi connectivity index (χ0n) is 9.35. The van der Waals surface area contributed by atoms with Gasteiger partial charge in [-0.15, -0.1) is 11.3 Å². The van der Waals surface area contributed by atoms with E-state index in [1.807, 2.05) is 0 Å². The molecule has 1 aliphatic heterocycles. The highest BCUT2D eigenvalue weighted by atomic mass is 32.1. The Balaban J connectivity index is 1.92. The highest BCUT2D eigenvalue weighted by molar-refractivity contribution is 7.13. The third-order valence-electron chi connectivity index (χ3n) is 3.04. The number of carboxylic acids is 1. The number of hydrogen-bond acceptors (Lipinski definition) is 4. The van der Waals surface area contributed by atoms with Crippen molar-refractivity contribution in [1.82, 2.24) is 9.88 Å². The van der Waals surface area contributed by atoms with Gasteiger partial charge in [0.1, 0.15) is 4.88 Å². The lowest BCUT2D eigenvalue weighted by Gasteiger charge is -2.11. The zero-order chi connectivity index (χ0) is 11.5. The summed E-state index contributed by atoms with van der Waals surface area (Å²) < 4.78 is 0. The van der Waals surface area contributed by atoms with Gasteiger partial charge in [0.15, 0.2) is 0 Å². The minimum absolute atomic E-state index is 0.348. The molecule has 0 radical (unpaired) electrons. The smallest absolute Gasteiger partial charge is 0.347 e. The summed E-state index contributed by atoms with van der Waals surface area (Å²) in [5.41, 5.74) is 0. The van der Waals surface area contributed by atoms with Crippen molar-refractivity contribution >= 4 is 17.3 Å². The Bertz CT molecular complexity index is 378. The molecule has 1 saturated heterocycles. The van der Waals surface area contributed by atoms with Crippen LogP contribution in [-0.2, 0) is 6.42 Å². The molecule has 1 aromatic heterocycles. The number of carboxylic acid groups (broad SMARTS) is 1. The van der Waals surface area contributed by atoms with Gasteiger partial charge in [0, 0.05) is 13.0 Å². The van der Waals surface area contributed by atoms with E-state index in [2.05, 4.69) is 16.8 Å². The van der Waals surface area contributed by atoms with Crippen molar-refractivity contribution in [3.63, 3.8) is 0 Å². The predicted molar refractivity (Wildman–Crippen MR) is 63.0 cm³/mol. The molecule has 1 atom stereocenters. The first-order chi connectivity index (χ1) is 7.69. The van der Waals surface area contributed by atoms with Crippen LogP contribution in [0, 0.1) is 5.92 Å². The Morgan fingerprint density at radius 3 is 3.12 bits per heavy atom. The minimum atomic E-state index is -0.870. The number of rotatable bonds is 4. The topological polar surface area (TPSA) is 53.4 Å². The maximum atomic E-state index is 10.7. The lowest BCUT2D eigenvalue weighted by atomic mass is 10.1. The van der Waals surface area contributed by atoms with Crippen molar-refractivity contribution in [3.8, 4) is 0 Å². The number of likely N-dealkylation sites (tertiary alicyclic amines) is 1. The molecule has 0 saturated carbocycles. The molecule has 2 rings (SSSR count). The second-order valence-corrected chi connectivity index (χ2v) is 5.29. The standard InChI is InChI=1S/C11H16N2O2S/c1-2-13-4-3-8(7-13)5-10-12-6-9(16-10)11(14)15/h6,8H,2-5,7H2,1H3,(H,14,15). The van der Waals surface area contributed by atoms with Crippen LogP contribution in [-0.4, -0.2) is 40.6 Å². The molecular weight excluding hydrogens is 224 g/mol. The highest BCUT2D eigenvalue weighted by Crippen LogP contribution is 2.23. The summed E-state index contributed by atoms with van der Waals surface area (Å²) in [5, 5.41) is 9.76. The van der Waals surface area contributed by atoms with Gasteiger partial charge >= 0.3 is 5.97 Å². The largest absolute Gasteiger partial charge is 0.477 e. The van der Waals surface area contributed by atoms with Crippen molar-refractivity contribution in [2.45, 2.75) is 19.8 Å². The van der Waals surface area contributed by atoms with E-state index in [4.69, 9.17) is 5.11 Å². The predicted octanol–water partition coefficient (Wildman–Crippen LogP) is 1.73. The van der Waals surface area contributed by atoms with Crippen LogP contribution in [0.1, 0.15) is 28.0 Å². The van der Waals surface area contributed by atoms with Crippen LogP contribution < -0.4 is 0 Å². The number of carbonyl (C=O) groups is 1. The lowest BCUT2D eigenvalue weighted by molar-refractivity contribution is 0.0702. The van der Waals surface area contributed by atoms with Crippen LogP contribution in [0.3, 0.4) is 0 Å². The Morgan fingerprint density at radius 1 is 1.75 bits per heavy atom. The monoisotopic (exact) mass is 240 g/mol. The molecule has 1 fully saturated rings. The summed E-state index contributed by atoms with van der Waals surface area (Å²) in [5.74, 6) is -0.224. The first-order valence-corrected chi connectivity index (χ1v) is 6.41. The molecule has 1 unspecified atom stereocenters. The average Bonchev–Trinajstić information content (AvgIpc) is 2.87. The molecule has 2 heterocycles. The molecular formula is C11H16N2O2S. The summed E-state index contributed by atoms with van der Waals surface area (Å²) in [7, 11) is 0. The molecule has 0 aromatic carbocycles. The SMILES string of the molecule is CCN1CCC(Cc2ncc(C(=O)O)s2)C1. The van der Waals surface area contributed by atoms with Crippen LogP contribution in [0.4, 0.5) is 0 Å². The highest BCUT2D eigenvalue weighted by Gasteiger charge is 2.22. The number of aromatic carboxylic acids is 1. The van der Waals surface area contributed by atoms with Crippen molar-refractivity contribution in [2.24, 2.45) is 5.92 Å². The number of hydrogen-bond donors (Lipinski definition) is 1. The normalized spacial score (nSPS) is 21.4. The van der Waals surface area contributed by atoms with Gasteiger partial charge in [0.25, 0.3) is 0 Å². The summed E-state index contributed by atoms with van der Waals surface area (Å²) in [6, 6.07) is 0. The van der Waals surface area contributed by atoms with Crippen molar-refractivity contribution in [2.75, 3.05) is 19.6 Å². The van der Waals surface area contributed by atoms with E-state index in [1.54, 1.807) is 0 Å². The molecule has 0 amide bonds. The van der Waals surface area contributed by atoms with Gasteiger partial charge in [0.05, 0.1) is 11.2 Å². The molecule has 0 spiro atoms. The van der Waals surface area contributed by atoms with Crippen molar-refractivity contribution < 1.29 is 9.90 Å². The molecule has 16 heavy (non-hydrogen) atoms. The Kier molecular flexibility index (Phi) is 3.56. The Hall–Kier alpha value is -0.940. The van der Waals surface area contributed by atoms with Gasteiger partial charge < -0.3 is 10.0 Å². The summed E-state index contributed by atoms with van der Waals surface area (Å²) in [6.07, 6.45) is 3.60. The molecule has 1 aromatic rings. The van der Waals surface area contributed by atoms with E-state index >= 15 is 0 Å². The van der Waals surface area contributed by atoms with Crippen LogP contribution >= 0.6 is 11.3 Å². The van der Waals surface area contributed by atoms with Gasteiger partial charge in [-0.2, -0.15) is 0 Å². The van der Waals surface area contributed by atoms with Gasteiger partial charge in [-0.25, -0.2) is 9.78 Å². The van der Waals surface area contributed by atoms with Crippen LogP contribution in [0.2, 0.25) is 0 Å². The Labute approximate surface area is 98.9 Å². The van der Waals surface area contributed by atoms with E-state index in [1.165, 1.54) is 30.5 Å². The third-order valence-corrected chi connectivity index (χ3v) is 4.05. The molecule has 5 heteroatoms. The molecule has 1 N–H and O–H groups in total. The fourth-order valence-electron chi connectivity index (χ4n) is 2.12. The van der Waals surface area contributed by atoms with Gasteiger partial charge in [-0.05, 0) is 25.4 Å². The minimum Gasteiger partial charge on any atom is -0.477 e. The van der Waals surface area contributed by atoms with Gasteiger partial charge in [-0.3, -0.25) is 0 Å². The van der Waals surface area contributed by atoms with Gasteiger partial charge in [-0.1, -0.05) is 6.92 Å². The first kappa shape index (κ1) is 11.5. The van der Waals surface area contributed by atoms with Crippen LogP contribution in [0.5, 0.6) is 0 Å². The lowest BCUT2D eigenvalue weighted by Crippen LogP contribution is -2.20.